The van der Waals surface area contributed by atoms with Gasteiger partial charge in [0, 0.05) is 6.42 Å². The van der Waals surface area contributed by atoms with Crippen molar-refractivity contribution in [2.75, 3.05) is 0 Å². The van der Waals surface area contributed by atoms with Gasteiger partial charge in [-0.2, -0.15) is 0 Å². The number of esters is 1. The van der Waals surface area contributed by atoms with Crippen molar-refractivity contribution in [2.24, 2.45) is 0 Å². The van der Waals surface area contributed by atoms with Crippen LogP contribution >= 0.6 is 15.9 Å². The van der Waals surface area contributed by atoms with Crippen molar-refractivity contribution in [3.05, 3.63) is 0 Å². The van der Waals surface area contributed by atoms with Gasteiger partial charge in [-0.15, -0.1) is 0 Å². The molecule has 1 saturated carbocycles. The van der Waals surface area contributed by atoms with E-state index in [2.05, 4.69) is 15.9 Å². The first kappa shape index (κ1) is 10.0. The van der Waals surface area contributed by atoms with Crippen molar-refractivity contribution >= 4 is 21.9 Å². The van der Waals surface area contributed by atoms with Gasteiger partial charge in [0.25, 0.3) is 0 Å². The van der Waals surface area contributed by atoms with Crippen molar-refractivity contribution in [1.29, 1.82) is 0 Å². The van der Waals surface area contributed by atoms with Gasteiger partial charge >= 0.3 is 5.97 Å². The molecular formula is C9H15BrO2. The third-order valence-electron chi connectivity index (χ3n) is 2.11. The molecule has 0 aromatic carbocycles. The molecule has 1 aliphatic rings. The molecule has 0 N–H and O–H groups in total. The summed E-state index contributed by atoms with van der Waals surface area (Å²) in [6, 6.07) is 0. The Kier molecular flexibility index (Phi) is 4.06. The minimum Gasteiger partial charge on any atom is -0.461 e. The number of carbonyl (C=O) groups excluding carboxylic acids is 1. The van der Waals surface area contributed by atoms with Crippen LogP contribution in [0.5, 0.6) is 0 Å². The number of alkyl halides is 1. The zero-order valence-corrected chi connectivity index (χ0v) is 8.97. The fourth-order valence-corrected chi connectivity index (χ4v) is 2.14. The van der Waals surface area contributed by atoms with Crippen LogP contribution in [0.2, 0.25) is 0 Å². The quantitative estimate of drug-likeness (QED) is 0.555. The fourth-order valence-electron chi connectivity index (χ4n) is 1.45. The maximum Gasteiger partial charge on any atom is 0.306 e. The van der Waals surface area contributed by atoms with Crippen LogP contribution in [0.4, 0.5) is 0 Å². The van der Waals surface area contributed by atoms with Gasteiger partial charge in [0.2, 0.25) is 0 Å². The number of rotatable bonds is 3. The van der Waals surface area contributed by atoms with Crippen molar-refractivity contribution in [1.82, 2.24) is 0 Å². The molecule has 0 saturated heterocycles. The molecule has 0 amide bonds. The van der Waals surface area contributed by atoms with E-state index < -0.39 is 0 Å². The van der Waals surface area contributed by atoms with E-state index in [9.17, 15) is 4.79 Å². The molecule has 0 heterocycles. The normalized spacial score (nSPS) is 28.8. The van der Waals surface area contributed by atoms with Crippen LogP contribution in [0.15, 0.2) is 0 Å². The van der Waals surface area contributed by atoms with Crippen LogP contribution in [0, 0.1) is 0 Å². The monoisotopic (exact) mass is 234 g/mol. The Hall–Kier alpha value is -0.0500. The number of halogens is 1. The van der Waals surface area contributed by atoms with Crippen LogP contribution in [0.25, 0.3) is 0 Å². The van der Waals surface area contributed by atoms with Gasteiger partial charge < -0.3 is 4.74 Å². The van der Waals surface area contributed by atoms with Crippen LogP contribution in [-0.2, 0) is 9.53 Å². The highest BCUT2D eigenvalue weighted by molar-refractivity contribution is 9.09. The zero-order valence-electron chi connectivity index (χ0n) is 7.38. The minimum absolute atomic E-state index is 0.0474. The molecule has 70 valence electrons. The molecule has 1 rings (SSSR count). The van der Waals surface area contributed by atoms with Crippen molar-refractivity contribution in [2.45, 2.75) is 50.0 Å². The van der Waals surface area contributed by atoms with E-state index in [-0.39, 0.29) is 12.1 Å². The summed E-state index contributed by atoms with van der Waals surface area (Å²) in [6.45, 7) is 1.99. The predicted molar refractivity (Wildman–Crippen MR) is 51.4 cm³/mol. The van der Waals surface area contributed by atoms with Crippen LogP contribution in [-0.4, -0.2) is 16.9 Å². The Balaban J connectivity index is 2.25. The van der Waals surface area contributed by atoms with Gasteiger partial charge in [-0.1, -0.05) is 22.9 Å². The number of ether oxygens (including phenoxy) is 1. The highest BCUT2D eigenvalue weighted by Crippen LogP contribution is 2.28. The van der Waals surface area contributed by atoms with E-state index in [1.807, 2.05) is 6.92 Å². The Bertz CT molecular complexity index is 159. The van der Waals surface area contributed by atoms with Gasteiger partial charge in [-0.25, -0.2) is 0 Å². The summed E-state index contributed by atoms with van der Waals surface area (Å²) in [5.41, 5.74) is 0. The summed E-state index contributed by atoms with van der Waals surface area (Å²) in [6.07, 6.45) is 4.87. The van der Waals surface area contributed by atoms with Gasteiger partial charge in [0.05, 0.1) is 4.83 Å². The molecule has 0 bridgehead atoms. The molecule has 12 heavy (non-hydrogen) atoms. The standard InChI is InChI=1S/C9H15BrO2/c1-2-4-9(11)12-8-6-3-5-7(8)10/h7-8H,2-6H2,1H3/t7-,8-/m0/s1. The largest absolute Gasteiger partial charge is 0.461 e. The second-order valence-corrected chi connectivity index (χ2v) is 4.40. The predicted octanol–water partition coefficient (Wildman–Crippen LogP) is 2.65. The Labute approximate surface area is 81.8 Å². The summed E-state index contributed by atoms with van der Waals surface area (Å²) in [5, 5.41) is 0. The first-order valence-corrected chi connectivity index (χ1v) is 5.49. The highest BCUT2D eigenvalue weighted by Gasteiger charge is 2.27. The average molecular weight is 235 g/mol. The number of hydrogen-bond donors (Lipinski definition) is 0. The molecule has 2 nitrogen and oxygen atoms in total. The zero-order chi connectivity index (χ0) is 8.97. The van der Waals surface area contributed by atoms with Crippen LogP contribution in [0.1, 0.15) is 39.0 Å². The second-order valence-electron chi connectivity index (χ2n) is 3.23. The average Bonchev–Trinajstić information content (AvgIpc) is 2.37. The molecule has 3 heteroatoms. The molecule has 0 aromatic rings. The molecular weight excluding hydrogens is 220 g/mol. The fraction of sp³-hybridized carbons (Fsp3) is 0.889. The molecule has 0 aromatic heterocycles. The first-order valence-electron chi connectivity index (χ1n) is 4.57. The topological polar surface area (TPSA) is 26.3 Å². The summed E-state index contributed by atoms with van der Waals surface area (Å²) in [5.74, 6) is -0.0474. The first-order chi connectivity index (χ1) is 5.74. The lowest BCUT2D eigenvalue weighted by Crippen LogP contribution is -2.21. The Morgan fingerprint density at radius 2 is 2.33 bits per heavy atom. The van der Waals surface area contributed by atoms with Crippen molar-refractivity contribution in [3.8, 4) is 0 Å². The SMILES string of the molecule is CCCC(=O)O[C@H]1CCC[C@@H]1Br. The third-order valence-corrected chi connectivity index (χ3v) is 3.16. The molecule has 0 spiro atoms. The summed E-state index contributed by atoms with van der Waals surface area (Å²) >= 11 is 3.51. The smallest absolute Gasteiger partial charge is 0.306 e. The van der Waals surface area contributed by atoms with Crippen LogP contribution in [0.3, 0.4) is 0 Å². The van der Waals surface area contributed by atoms with Gasteiger partial charge in [0.15, 0.2) is 0 Å². The lowest BCUT2D eigenvalue weighted by molar-refractivity contribution is -0.148. The van der Waals surface area contributed by atoms with Crippen molar-refractivity contribution < 1.29 is 9.53 Å². The van der Waals surface area contributed by atoms with Crippen molar-refractivity contribution in [3.63, 3.8) is 0 Å². The lowest BCUT2D eigenvalue weighted by atomic mass is 10.3. The molecule has 1 fully saturated rings. The van der Waals surface area contributed by atoms with E-state index in [1.54, 1.807) is 0 Å². The lowest BCUT2D eigenvalue weighted by Gasteiger charge is -2.14. The molecule has 0 radical (unpaired) electrons. The van der Waals surface area contributed by atoms with Gasteiger partial charge in [-0.05, 0) is 25.7 Å². The van der Waals surface area contributed by atoms with E-state index in [1.165, 1.54) is 6.42 Å². The molecule has 0 unspecified atom stereocenters. The Morgan fingerprint density at radius 1 is 1.58 bits per heavy atom. The molecule has 2 atom stereocenters. The molecule has 1 aliphatic carbocycles. The highest BCUT2D eigenvalue weighted by atomic mass is 79.9. The number of hydrogen-bond acceptors (Lipinski definition) is 2. The maximum atomic E-state index is 11.1. The summed E-state index contributed by atoms with van der Waals surface area (Å²) < 4.78 is 5.28. The minimum atomic E-state index is -0.0474. The van der Waals surface area contributed by atoms with Crippen LogP contribution < -0.4 is 0 Å². The van der Waals surface area contributed by atoms with Gasteiger partial charge in [0.1, 0.15) is 6.10 Å². The van der Waals surface area contributed by atoms with Gasteiger partial charge in [-0.3, -0.25) is 4.79 Å². The second kappa shape index (κ2) is 4.85. The maximum absolute atomic E-state index is 11.1. The number of carbonyl (C=O) groups is 1. The molecule has 0 aliphatic heterocycles. The summed E-state index contributed by atoms with van der Waals surface area (Å²) in [7, 11) is 0. The Morgan fingerprint density at radius 3 is 2.83 bits per heavy atom. The third kappa shape index (κ3) is 2.77. The van der Waals surface area contributed by atoms with E-state index in [0.717, 1.165) is 19.3 Å². The van der Waals surface area contributed by atoms with E-state index in [0.29, 0.717) is 11.2 Å². The van der Waals surface area contributed by atoms with E-state index >= 15 is 0 Å². The van der Waals surface area contributed by atoms with E-state index in [4.69, 9.17) is 4.74 Å². The summed E-state index contributed by atoms with van der Waals surface area (Å²) in [4.78, 5) is 11.5.